The molecule has 0 saturated carbocycles. The fraction of sp³-hybridized carbons (Fsp3) is 0.200. The highest BCUT2D eigenvalue weighted by molar-refractivity contribution is 5.97. The Morgan fingerprint density at radius 3 is 2.45 bits per heavy atom. The molecule has 1 aliphatic rings. The molecule has 0 fully saturated rings. The molecule has 3 N–H and O–H groups in total. The smallest absolute Gasteiger partial charge is 0.255 e. The molecule has 1 aliphatic heterocycles. The van der Waals surface area contributed by atoms with Crippen molar-refractivity contribution in [2.45, 2.75) is 19.5 Å². The van der Waals surface area contributed by atoms with E-state index >= 15 is 0 Å². The van der Waals surface area contributed by atoms with Crippen LogP contribution in [0, 0.1) is 0 Å². The van der Waals surface area contributed by atoms with E-state index in [1.807, 2.05) is 12.1 Å². The number of carbonyl (C=O) groups is 2. The summed E-state index contributed by atoms with van der Waals surface area (Å²) >= 11 is 0. The lowest BCUT2D eigenvalue weighted by atomic mass is 10.1. The number of nitrogens with two attached hydrogens (primary N) is 1. The number of carbonyl (C=O) groups excluding carboxylic acids is 2. The summed E-state index contributed by atoms with van der Waals surface area (Å²) in [6.45, 7) is 2.03. The number of ether oxygens (including phenoxy) is 1. The average molecular weight is 415 g/mol. The van der Waals surface area contributed by atoms with Gasteiger partial charge in [-0.25, -0.2) is 0 Å². The van der Waals surface area contributed by atoms with E-state index in [1.54, 1.807) is 24.3 Å². The van der Waals surface area contributed by atoms with Gasteiger partial charge in [0.1, 0.15) is 5.75 Å². The first-order valence-corrected chi connectivity index (χ1v) is 10.3. The van der Waals surface area contributed by atoms with E-state index in [4.69, 9.17) is 10.5 Å². The molecule has 0 spiro atoms. The summed E-state index contributed by atoms with van der Waals surface area (Å²) in [5.74, 6) is -0.523. The molecule has 0 saturated heterocycles. The number of rotatable bonds is 8. The van der Waals surface area contributed by atoms with Crippen molar-refractivity contribution in [3.63, 3.8) is 0 Å². The molecule has 0 aromatic heterocycles. The van der Waals surface area contributed by atoms with Gasteiger partial charge in [-0.3, -0.25) is 9.59 Å². The maximum Gasteiger partial charge on any atom is 0.255 e. The summed E-state index contributed by atoms with van der Waals surface area (Å²) in [6, 6.07) is 23.6. The average Bonchev–Trinajstić information content (AvgIpc) is 3.20. The van der Waals surface area contributed by atoms with E-state index in [2.05, 4.69) is 46.6 Å². The van der Waals surface area contributed by atoms with Gasteiger partial charge in [-0.2, -0.15) is 0 Å². The van der Waals surface area contributed by atoms with E-state index in [0.29, 0.717) is 17.9 Å². The molecule has 158 valence electrons. The second-order valence-electron chi connectivity index (χ2n) is 7.55. The molecule has 2 amide bonds. The zero-order chi connectivity index (χ0) is 21.6. The largest absolute Gasteiger partial charge is 0.483 e. The van der Waals surface area contributed by atoms with Crippen molar-refractivity contribution in [3.05, 3.63) is 95.1 Å². The van der Waals surface area contributed by atoms with E-state index in [1.165, 1.54) is 16.8 Å². The van der Waals surface area contributed by atoms with Gasteiger partial charge in [-0.05, 0) is 41.3 Å². The minimum absolute atomic E-state index is 0.266. The Bertz CT molecular complexity index is 1080. The maximum atomic E-state index is 12.6. The first-order valence-electron chi connectivity index (χ1n) is 10.3. The normalized spacial score (nSPS) is 12.3. The quantitative estimate of drug-likeness (QED) is 0.592. The molecule has 0 radical (unpaired) electrons. The number of nitrogens with one attached hydrogen (secondary N) is 1. The highest BCUT2D eigenvalue weighted by atomic mass is 16.5. The standard InChI is InChI=1S/C25H25N3O3/c26-24(29)17-31-23-8-4-2-6-21(23)25(30)27-15-18-9-11-19(12-10-18)16-28-14-13-20-5-1-3-7-22(20)28/h1-12H,13-17H2,(H2,26,29)(H,27,30). The lowest BCUT2D eigenvalue weighted by Gasteiger charge is -2.19. The SMILES string of the molecule is NC(=O)COc1ccccc1C(=O)NCc1ccc(CN2CCc3ccccc32)cc1. The fourth-order valence-corrected chi connectivity index (χ4v) is 3.76. The molecule has 31 heavy (non-hydrogen) atoms. The van der Waals surface area contributed by atoms with Crippen LogP contribution in [0.5, 0.6) is 5.75 Å². The van der Waals surface area contributed by atoms with Gasteiger partial charge in [-0.15, -0.1) is 0 Å². The van der Waals surface area contributed by atoms with Crippen LogP contribution in [0.15, 0.2) is 72.8 Å². The van der Waals surface area contributed by atoms with Gasteiger partial charge in [0.05, 0.1) is 5.56 Å². The van der Waals surface area contributed by atoms with E-state index < -0.39 is 5.91 Å². The van der Waals surface area contributed by atoms with Crippen LogP contribution in [0.1, 0.15) is 27.0 Å². The van der Waals surface area contributed by atoms with Gasteiger partial charge in [-0.1, -0.05) is 54.6 Å². The predicted molar refractivity (Wildman–Crippen MR) is 120 cm³/mol. The molecular formula is C25H25N3O3. The number of hydrogen-bond acceptors (Lipinski definition) is 4. The van der Waals surface area contributed by atoms with Crippen molar-refractivity contribution in [1.29, 1.82) is 0 Å². The first-order chi connectivity index (χ1) is 15.1. The van der Waals surface area contributed by atoms with Crippen molar-refractivity contribution < 1.29 is 14.3 Å². The number of benzene rings is 3. The van der Waals surface area contributed by atoms with Gasteiger partial charge in [0.25, 0.3) is 11.8 Å². The maximum absolute atomic E-state index is 12.6. The molecule has 6 heteroatoms. The Morgan fingerprint density at radius 2 is 1.65 bits per heavy atom. The Morgan fingerprint density at radius 1 is 0.935 bits per heavy atom. The third-order valence-electron chi connectivity index (χ3n) is 5.33. The van der Waals surface area contributed by atoms with Gasteiger partial charge in [0, 0.05) is 25.3 Å². The number of primary amides is 1. The predicted octanol–water partition coefficient (Wildman–Crippen LogP) is 3.04. The summed E-state index contributed by atoms with van der Waals surface area (Å²) in [5, 5.41) is 2.90. The molecular weight excluding hydrogens is 390 g/mol. The molecule has 6 nitrogen and oxygen atoms in total. The topological polar surface area (TPSA) is 84.7 Å². The lowest BCUT2D eigenvalue weighted by molar-refractivity contribution is -0.119. The van der Waals surface area contributed by atoms with Crippen molar-refractivity contribution in [3.8, 4) is 5.75 Å². The zero-order valence-electron chi connectivity index (χ0n) is 17.2. The second kappa shape index (κ2) is 9.34. The molecule has 4 rings (SSSR count). The third-order valence-corrected chi connectivity index (χ3v) is 5.33. The van der Waals surface area contributed by atoms with Gasteiger partial charge in [0.2, 0.25) is 0 Å². The van der Waals surface area contributed by atoms with Crippen LogP contribution in [0.3, 0.4) is 0 Å². The number of fused-ring (bicyclic) bond motifs is 1. The fourth-order valence-electron chi connectivity index (χ4n) is 3.76. The van der Waals surface area contributed by atoms with Crippen molar-refractivity contribution in [2.75, 3.05) is 18.1 Å². The third kappa shape index (κ3) is 5.04. The summed E-state index contributed by atoms with van der Waals surface area (Å²) in [6.07, 6.45) is 1.09. The molecule has 3 aromatic rings. The highest BCUT2D eigenvalue weighted by Gasteiger charge is 2.18. The summed E-state index contributed by atoms with van der Waals surface area (Å²) < 4.78 is 5.34. The second-order valence-corrected chi connectivity index (χ2v) is 7.55. The monoisotopic (exact) mass is 415 g/mol. The Balaban J connectivity index is 1.34. The van der Waals surface area contributed by atoms with Gasteiger partial charge < -0.3 is 20.7 Å². The van der Waals surface area contributed by atoms with Gasteiger partial charge >= 0.3 is 0 Å². The number of para-hydroxylation sites is 2. The van der Waals surface area contributed by atoms with Crippen LogP contribution in [0.2, 0.25) is 0 Å². The minimum atomic E-state index is -0.590. The minimum Gasteiger partial charge on any atom is -0.483 e. The Hall–Kier alpha value is -3.80. The van der Waals surface area contributed by atoms with Gasteiger partial charge in [0.15, 0.2) is 6.61 Å². The van der Waals surface area contributed by atoms with Crippen molar-refractivity contribution in [2.24, 2.45) is 5.73 Å². The van der Waals surface area contributed by atoms with E-state index in [9.17, 15) is 9.59 Å². The van der Waals surface area contributed by atoms with E-state index in [-0.39, 0.29) is 12.5 Å². The number of nitrogens with zero attached hydrogens (tertiary/aromatic N) is 1. The molecule has 0 unspecified atom stereocenters. The van der Waals surface area contributed by atoms with Crippen molar-refractivity contribution in [1.82, 2.24) is 5.32 Å². The van der Waals surface area contributed by atoms with E-state index in [0.717, 1.165) is 25.1 Å². The molecule has 0 atom stereocenters. The van der Waals surface area contributed by atoms with Crippen LogP contribution in [-0.2, 0) is 24.3 Å². The van der Waals surface area contributed by atoms with Crippen LogP contribution < -0.4 is 20.7 Å². The highest BCUT2D eigenvalue weighted by Crippen LogP contribution is 2.28. The summed E-state index contributed by atoms with van der Waals surface area (Å²) in [7, 11) is 0. The van der Waals surface area contributed by atoms with Crippen LogP contribution in [0.25, 0.3) is 0 Å². The Kier molecular flexibility index (Phi) is 6.17. The van der Waals surface area contributed by atoms with Crippen molar-refractivity contribution >= 4 is 17.5 Å². The Labute approximate surface area is 181 Å². The molecule has 0 bridgehead atoms. The molecule has 3 aromatic carbocycles. The summed E-state index contributed by atoms with van der Waals surface area (Å²) in [5.41, 5.74) is 10.5. The first kappa shape index (κ1) is 20.5. The number of anilines is 1. The summed E-state index contributed by atoms with van der Waals surface area (Å²) in [4.78, 5) is 25.9. The lowest BCUT2D eigenvalue weighted by Crippen LogP contribution is -2.25. The number of amides is 2. The molecule has 1 heterocycles. The molecule has 0 aliphatic carbocycles. The van der Waals surface area contributed by atoms with Crippen LogP contribution >= 0.6 is 0 Å². The zero-order valence-corrected chi connectivity index (χ0v) is 17.2. The number of hydrogen-bond donors (Lipinski definition) is 2. The van der Waals surface area contributed by atoms with Crippen LogP contribution in [-0.4, -0.2) is 25.0 Å². The van der Waals surface area contributed by atoms with Crippen LogP contribution in [0.4, 0.5) is 5.69 Å².